The molecule has 2 heteroatoms. The largest absolute Gasteiger partial charge is 0.293 e. The van der Waals surface area contributed by atoms with Gasteiger partial charge in [-0.05, 0) is 28.5 Å². The van der Waals surface area contributed by atoms with E-state index in [1.54, 1.807) is 0 Å². The van der Waals surface area contributed by atoms with Gasteiger partial charge in [-0.1, -0.05) is 84.9 Å². The van der Waals surface area contributed by atoms with Crippen molar-refractivity contribution in [2.24, 2.45) is 4.99 Å². The van der Waals surface area contributed by atoms with Crippen LogP contribution in [0, 0.1) is 0 Å². The Morgan fingerprint density at radius 3 is 2.11 bits per heavy atom. The number of nitrogens with zero attached hydrogens (tertiary/aromatic N) is 1. The van der Waals surface area contributed by atoms with E-state index < -0.39 is 0 Å². The zero-order valence-corrected chi connectivity index (χ0v) is 14.7. The summed E-state index contributed by atoms with van der Waals surface area (Å²) in [5, 5.41) is 2.31. The Labute approximate surface area is 157 Å². The highest BCUT2D eigenvalue weighted by Gasteiger charge is 2.37. The summed E-state index contributed by atoms with van der Waals surface area (Å²) in [6.45, 7) is 0. The minimum absolute atomic E-state index is 0.121. The number of benzene rings is 4. The maximum Gasteiger partial charge on any atom is 0.176 e. The van der Waals surface area contributed by atoms with Gasteiger partial charge >= 0.3 is 0 Å². The van der Waals surface area contributed by atoms with E-state index in [4.69, 9.17) is 4.99 Å². The molecule has 0 saturated heterocycles. The first-order valence-corrected chi connectivity index (χ1v) is 9.07. The second-order valence-electron chi connectivity index (χ2n) is 6.78. The summed E-state index contributed by atoms with van der Waals surface area (Å²) in [6.07, 6.45) is 0. The number of aliphatic imine (C=N–C) groups is 1. The van der Waals surface area contributed by atoms with Crippen molar-refractivity contribution in [3.8, 4) is 0 Å². The van der Waals surface area contributed by atoms with E-state index in [0.29, 0.717) is 0 Å². The summed E-state index contributed by atoms with van der Waals surface area (Å²) >= 11 is 0. The Kier molecular flexibility index (Phi) is 3.68. The average molecular weight is 347 g/mol. The first kappa shape index (κ1) is 15.7. The van der Waals surface area contributed by atoms with Crippen LogP contribution >= 0.6 is 0 Å². The lowest BCUT2D eigenvalue weighted by Gasteiger charge is -2.12. The molecule has 0 bridgehead atoms. The summed E-state index contributed by atoms with van der Waals surface area (Å²) in [6, 6.07) is 32.1. The number of rotatable bonds is 2. The third-order valence-electron chi connectivity index (χ3n) is 5.12. The number of Topliss-reactive ketones (excluding diaryl/α,β-unsaturated/α-hetero) is 1. The zero-order chi connectivity index (χ0) is 18.2. The second kappa shape index (κ2) is 6.33. The van der Waals surface area contributed by atoms with Crippen LogP contribution in [0.4, 0.5) is 5.69 Å². The molecule has 4 aromatic rings. The quantitative estimate of drug-likeness (QED) is 0.441. The Bertz CT molecular complexity index is 1190. The summed E-state index contributed by atoms with van der Waals surface area (Å²) in [4.78, 5) is 18.1. The highest BCUT2D eigenvalue weighted by atomic mass is 16.1. The molecule has 0 unspecified atom stereocenters. The SMILES string of the molecule is O=C1c2ccccc2C(=Nc2ccccc2)[C@H]1c1ccc2ccccc2c1. The van der Waals surface area contributed by atoms with Gasteiger partial charge in [-0.25, -0.2) is 0 Å². The van der Waals surface area contributed by atoms with E-state index >= 15 is 0 Å². The fourth-order valence-corrected chi connectivity index (χ4v) is 3.82. The molecule has 0 N–H and O–H groups in total. The predicted octanol–water partition coefficient (Wildman–Crippen LogP) is 5.94. The molecule has 1 aliphatic carbocycles. The van der Waals surface area contributed by atoms with Crippen molar-refractivity contribution >= 4 is 28.0 Å². The highest BCUT2D eigenvalue weighted by Crippen LogP contribution is 2.37. The van der Waals surface area contributed by atoms with Gasteiger partial charge in [0.2, 0.25) is 0 Å². The highest BCUT2D eigenvalue weighted by molar-refractivity contribution is 6.32. The lowest BCUT2D eigenvalue weighted by Crippen LogP contribution is -2.13. The van der Waals surface area contributed by atoms with Gasteiger partial charge in [0.05, 0.1) is 17.3 Å². The Morgan fingerprint density at radius 1 is 0.630 bits per heavy atom. The fraction of sp³-hybridized carbons (Fsp3) is 0.0400. The minimum atomic E-state index is -0.368. The molecule has 1 atom stereocenters. The number of hydrogen-bond donors (Lipinski definition) is 0. The zero-order valence-electron chi connectivity index (χ0n) is 14.7. The fourth-order valence-electron chi connectivity index (χ4n) is 3.82. The van der Waals surface area contributed by atoms with Crippen molar-refractivity contribution < 1.29 is 4.79 Å². The van der Waals surface area contributed by atoms with Crippen molar-refractivity contribution in [2.45, 2.75) is 5.92 Å². The van der Waals surface area contributed by atoms with Crippen molar-refractivity contribution in [2.75, 3.05) is 0 Å². The third-order valence-corrected chi connectivity index (χ3v) is 5.12. The van der Waals surface area contributed by atoms with Gasteiger partial charge in [0, 0.05) is 11.1 Å². The number of carbonyl (C=O) groups is 1. The van der Waals surface area contributed by atoms with Gasteiger partial charge in [0.25, 0.3) is 0 Å². The minimum Gasteiger partial charge on any atom is -0.293 e. The van der Waals surface area contributed by atoms with Crippen LogP contribution in [0.5, 0.6) is 0 Å². The summed E-state index contributed by atoms with van der Waals surface area (Å²) in [7, 11) is 0. The molecule has 0 saturated carbocycles. The van der Waals surface area contributed by atoms with Gasteiger partial charge in [0.15, 0.2) is 5.78 Å². The molecule has 0 aromatic heterocycles. The molecule has 5 rings (SSSR count). The third kappa shape index (κ3) is 2.67. The van der Waals surface area contributed by atoms with Crippen LogP contribution in [-0.4, -0.2) is 11.5 Å². The van der Waals surface area contributed by atoms with Crippen molar-refractivity contribution in [3.05, 3.63) is 114 Å². The van der Waals surface area contributed by atoms with E-state index in [9.17, 15) is 4.79 Å². The van der Waals surface area contributed by atoms with Crippen molar-refractivity contribution in [1.82, 2.24) is 0 Å². The van der Waals surface area contributed by atoms with Crippen LogP contribution in [-0.2, 0) is 0 Å². The van der Waals surface area contributed by atoms with E-state index in [0.717, 1.165) is 33.5 Å². The van der Waals surface area contributed by atoms with Crippen LogP contribution in [0.15, 0.2) is 102 Å². The lowest BCUT2D eigenvalue weighted by atomic mass is 9.91. The number of para-hydroxylation sites is 1. The first-order valence-electron chi connectivity index (χ1n) is 9.07. The van der Waals surface area contributed by atoms with Crippen LogP contribution in [0.1, 0.15) is 27.4 Å². The van der Waals surface area contributed by atoms with E-state index in [2.05, 4.69) is 30.3 Å². The smallest absolute Gasteiger partial charge is 0.176 e. The van der Waals surface area contributed by atoms with Gasteiger partial charge < -0.3 is 0 Å². The maximum atomic E-state index is 13.3. The molecule has 27 heavy (non-hydrogen) atoms. The normalized spacial score (nSPS) is 17.4. The van der Waals surface area contributed by atoms with Crippen molar-refractivity contribution in [1.29, 1.82) is 0 Å². The summed E-state index contributed by atoms with van der Waals surface area (Å²) in [5.41, 5.74) is 4.37. The van der Waals surface area contributed by atoms with Gasteiger partial charge in [0.1, 0.15) is 0 Å². The second-order valence-corrected chi connectivity index (χ2v) is 6.78. The standard InChI is InChI=1S/C25H17NO/c27-25-22-13-7-6-12-21(22)24(26-20-10-2-1-3-11-20)23(25)19-15-14-17-8-4-5-9-18(17)16-19/h1-16,23H/t23-/m1/s1. The van der Waals surface area contributed by atoms with Gasteiger partial charge in [-0.3, -0.25) is 9.79 Å². The molecular formula is C25H17NO. The number of fused-ring (bicyclic) bond motifs is 2. The molecule has 0 radical (unpaired) electrons. The molecule has 0 heterocycles. The Hall–Kier alpha value is -3.52. The first-order chi connectivity index (χ1) is 13.3. The molecule has 2 nitrogen and oxygen atoms in total. The molecule has 0 spiro atoms. The van der Waals surface area contributed by atoms with Gasteiger partial charge in [-0.2, -0.15) is 0 Å². The molecular weight excluding hydrogens is 330 g/mol. The molecule has 128 valence electrons. The van der Waals surface area contributed by atoms with Crippen LogP contribution in [0.2, 0.25) is 0 Å². The Morgan fingerprint density at radius 2 is 1.30 bits per heavy atom. The van der Waals surface area contributed by atoms with Crippen LogP contribution in [0.25, 0.3) is 10.8 Å². The van der Waals surface area contributed by atoms with Crippen molar-refractivity contribution in [3.63, 3.8) is 0 Å². The van der Waals surface area contributed by atoms with Crippen LogP contribution < -0.4 is 0 Å². The molecule has 1 aliphatic rings. The van der Waals surface area contributed by atoms with E-state index in [1.165, 1.54) is 5.39 Å². The number of ketones is 1. The number of hydrogen-bond acceptors (Lipinski definition) is 2. The molecule has 0 amide bonds. The average Bonchev–Trinajstić information content (AvgIpc) is 3.00. The Balaban J connectivity index is 1.71. The molecule has 0 fully saturated rings. The predicted molar refractivity (Wildman–Crippen MR) is 110 cm³/mol. The lowest BCUT2D eigenvalue weighted by molar-refractivity contribution is 0.0988. The molecule has 0 aliphatic heterocycles. The topological polar surface area (TPSA) is 29.4 Å². The summed E-state index contributed by atoms with van der Waals surface area (Å²) < 4.78 is 0. The maximum absolute atomic E-state index is 13.3. The number of carbonyl (C=O) groups excluding carboxylic acids is 1. The van der Waals surface area contributed by atoms with E-state index in [-0.39, 0.29) is 11.7 Å². The van der Waals surface area contributed by atoms with Gasteiger partial charge in [-0.15, -0.1) is 0 Å². The monoisotopic (exact) mass is 347 g/mol. The van der Waals surface area contributed by atoms with E-state index in [1.807, 2.05) is 66.7 Å². The summed E-state index contributed by atoms with van der Waals surface area (Å²) in [5.74, 6) is -0.247. The molecule has 4 aromatic carbocycles. The van der Waals surface area contributed by atoms with Crippen LogP contribution in [0.3, 0.4) is 0 Å².